The van der Waals surface area contributed by atoms with Crippen molar-refractivity contribution in [2.75, 3.05) is 0 Å². The largest absolute Gasteiger partial charge is 0.478 e. The van der Waals surface area contributed by atoms with Crippen LogP contribution in [0.2, 0.25) is 0 Å². The predicted molar refractivity (Wildman–Crippen MR) is 57.4 cm³/mol. The Balaban J connectivity index is 2.71. The van der Waals surface area contributed by atoms with Crippen LogP contribution in [0.25, 0.3) is 0 Å². The summed E-state index contributed by atoms with van der Waals surface area (Å²) in [6.45, 7) is 1.66. The Bertz CT molecular complexity index is 352. The van der Waals surface area contributed by atoms with E-state index in [1.165, 1.54) is 6.08 Å². The van der Waals surface area contributed by atoms with Gasteiger partial charge in [-0.25, -0.2) is 4.79 Å². The predicted octanol–water partition coefficient (Wildman–Crippen LogP) is 1.93. The van der Waals surface area contributed by atoms with Crippen molar-refractivity contribution in [3.63, 3.8) is 0 Å². The highest BCUT2D eigenvalue weighted by Crippen LogP contribution is 2.24. The van der Waals surface area contributed by atoms with Crippen LogP contribution in [-0.4, -0.2) is 16.2 Å². The maximum atomic E-state index is 10.3. The first-order valence-corrected chi connectivity index (χ1v) is 4.70. The molecule has 15 heavy (non-hydrogen) atoms. The van der Waals surface area contributed by atoms with Crippen LogP contribution in [0.3, 0.4) is 0 Å². The van der Waals surface area contributed by atoms with E-state index in [-0.39, 0.29) is 6.42 Å². The van der Waals surface area contributed by atoms with Crippen molar-refractivity contribution in [1.82, 2.24) is 0 Å². The van der Waals surface area contributed by atoms with Gasteiger partial charge in [-0.1, -0.05) is 36.4 Å². The molecule has 0 radical (unpaired) electrons. The van der Waals surface area contributed by atoms with E-state index < -0.39 is 11.6 Å². The first-order valence-electron chi connectivity index (χ1n) is 4.70. The number of benzene rings is 1. The molecule has 0 amide bonds. The summed E-state index contributed by atoms with van der Waals surface area (Å²) < 4.78 is 0. The highest BCUT2D eigenvalue weighted by atomic mass is 16.4. The van der Waals surface area contributed by atoms with Crippen LogP contribution in [-0.2, 0) is 10.4 Å². The van der Waals surface area contributed by atoms with Gasteiger partial charge >= 0.3 is 5.97 Å². The monoisotopic (exact) mass is 206 g/mol. The average Bonchev–Trinajstić information content (AvgIpc) is 2.18. The van der Waals surface area contributed by atoms with Crippen molar-refractivity contribution in [3.05, 3.63) is 48.0 Å². The summed E-state index contributed by atoms with van der Waals surface area (Å²) in [5.41, 5.74) is -0.243. The van der Waals surface area contributed by atoms with E-state index in [1.807, 2.05) is 30.3 Å². The summed E-state index contributed by atoms with van der Waals surface area (Å²) in [4.78, 5) is 10.3. The van der Waals surface area contributed by atoms with Gasteiger partial charge in [0.15, 0.2) is 0 Å². The lowest BCUT2D eigenvalue weighted by atomic mass is 9.92. The molecule has 0 aromatic heterocycles. The quantitative estimate of drug-likeness (QED) is 0.740. The molecule has 80 valence electrons. The van der Waals surface area contributed by atoms with Crippen molar-refractivity contribution in [2.24, 2.45) is 0 Å². The molecule has 0 bridgehead atoms. The van der Waals surface area contributed by atoms with Gasteiger partial charge in [-0.3, -0.25) is 0 Å². The molecule has 1 aromatic carbocycles. The summed E-state index contributed by atoms with van der Waals surface area (Å²) in [6.07, 6.45) is 2.77. The molecule has 0 aliphatic rings. The van der Waals surface area contributed by atoms with Gasteiger partial charge in [0, 0.05) is 6.08 Å². The number of hydrogen-bond donors (Lipinski definition) is 2. The number of hydrogen-bond acceptors (Lipinski definition) is 2. The molecule has 2 N–H and O–H groups in total. The second-order valence-electron chi connectivity index (χ2n) is 3.58. The molecular formula is C12H14O3. The van der Waals surface area contributed by atoms with E-state index in [0.717, 1.165) is 11.6 Å². The normalized spacial score (nSPS) is 15.1. The minimum absolute atomic E-state index is 0.281. The Morgan fingerprint density at radius 2 is 2.00 bits per heavy atom. The molecule has 0 saturated heterocycles. The second-order valence-corrected chi connectivity index (χ2v) is 3.58. The maximum absolute atomic E-state index is 10.3. The molecule has 0 fully saturated rings. The average molecular weight is 206 g/mol. The Morgan fingerprint density at radius 1 is 1.40 bits per heavy atom. The fourth-order valence-electron chi connectivity index (χ4n) is 1.30. The number of carboxylic acids is 1. The van der Waals surface area contributed by atoms with Crippen molar-refractivity contribution in [3.8, 4) is 0 Å². The number of carboxylic acid groups (broad SMARTS) is 1. The van der Waals surface area contributed by atoms with Crippen LogP contribution in [0.15, 0.2) is 42.5 Å². The summed E-state index contributed by atoms with van der Waals surface area (Å²) in [6, 6.07) is 9.17. The van der Waals surface area contributed by atoms with Crippen LogP contribution < -0.4 is 0 Å². The van der Waals surface area contributed by atoms with E-state index in [9.17, 15) is 9.90 Å². The number of rotatable bonds is 4. The fraction of sp³-hybridized carbons (Fsp3) is 0.250. The van der Waals surface area contributed by atoms with E-state index >= 15 is 0 Å². The number of aliphatic carboxylic acids is 1. The third-order valence-corrected chi connectivity index (χ3v) is 2.17. The third-order valence-electron chi connectivity index (χ3n) is 2.17. The highest BCUT2D eigenvalue weighted by Gasteiger charge is 2.20. The van der Waals surface area contributed by atoms with Gasteiger partial charge in [-0.2, -0.15) is 0 Å². The Labute approximate surface area is 88.7 Å². The molecule has 0 aliphatic carbocycles. The van der Waals surface area contributed by atoms with Crippen LogP contribution in [0, 0.1) is 0 Å². The lowest BCUT2D eigenvalue weighted by Gasteiger charge is -2.21. The lowest BCUT2D eigenvalue weighted by molar-refractivity contribution is -0.131. The van der Waals surface area contributed by atoms with Crippen LogP contribution >= 0.6 is 0 Å². The van der Waals surface area contributed by atoms with Crippen molar-refractivity contribution in [1.29, 1.82) is 0 Å². The molecule has 1 rings (SSSR count). The molecule has 1 unspecified atom stereocenters. The smallest absolute Gasteiger partial charge is 0.327 e. The standard InChI is InChI=1S/C12H14O3/c1-12(15,9-5-8-11(13)14)10-6-3-2-4-7-10/h2-8,15H,9H2,1H3,(H,13,14)/b8-5+. The minimum atomic E-state index is -1.02. The van der Waals surface area contributed by atoms with Crippen molar-refractivity contribution >= 4 is 5.97 Å². The summed E-state index contributed by atoms with van der Waals surface area (Å²) in [5, 5.41) is 18.5. The highest BCUT2D eigenvalue weighted by molar-refractivity contribution is 5.79. The zero-order valence-corrected chi connectivity index (χ0v) is 8.55. The number of aliphatic hydroxyl groups is 1. The van der Waals surface area contributed by atoms with E-state index in [1.54, 1.807) is 6.92 Å². The molecule has 1 aromatic rings. The molecule has 3 nitrogen and oxygen atoms in total. The Kier molecular flexibility index (Phi) is 3.63. The van der Waals surface area contributed by atoms with Gasteiger partial charge in [0.2, 0.25) is 0 Å². The maximum Gasteiger partial charge on any atom is 0.327 e. The zero-order chi connectivity index (χ0) is 11.3. The van der Waals surface area contributed by atoms with Gasteiger partial charge in [-0.05, 0) is 18.9 Å². The lowest BCUT2D eigenvalue weighted by Crippen LogP contribution is -2.19. The Morgan fingerprint density at radius 3 is 2.53 bits per heavy atom. The van der Waals surface area contributed by atoms with E-state index in [4.69, 9.17) is 5.11 Å². The SMILES string of the molecule is CC(O)(C/C=C/C(=O)O)c1ccccc1. The van der Waals surface area contributed by atoms with Gasteiger partial charge in [0.05, 0.1) is 5.60 Å². The molecule has 0 saturated carbocycles. The van der Waals surface area contributed by atoms with Crippen LogP contribution in [0.1, 0.15) is 18.9 Å². The van der Waals surface area contributed by atoms with Gasteiger partial charge in [0.25, 0.3) is 0 Å². The first kappa shape index (κ1) is 11.5. The van der Waals surface area contributed by atoms with Crippen molar-refractivity contribution in [2.45, 2.75) is 18.9 Å². The fourth-order valence-corrected chi connectivity index (χ4v) is 1.30. The molecular weight excluding hydrogens is 192 g/mol. The second kappa shape index (κ2) is 4.75. The summed E-state index contributed by atoms with van der Waals surface area (Å²) in [5.74, 6) is -1.00. The number of carbonyl (C=O) groups is 1. The van der Waals surface area contributed by atoms with Gasteiger partial charge < -0.3 is 10.2 Å². The van der Waals surface area contributed by atoms with Gasteiger partial charge in [0.1, 0.15) is 0 Å². The molecule has 0 spiro atoms. The zero-order valence-electron chi connectivity index (χ0n) is 8.55. The first-order chi connectivity index (χ1) is 7.02. The topological polar surface area (TPSA) is 57.5 Å². The van der Waals surface area contributed by atoms with Crippen LogP contribution in [0.4, 0.5) is 0 Å². The summed E-state index contributed by atoms with van der Waals surface area (Å²) in [7, 11) is 0. The molecule has 0 aliphatic heterocycles. The van der Waals surface area contributed by atoms with Gasteiger partial charge in [-0.15, -0.1) is 0 Å². The minimum Gasteiger partial charge on any atom is -0.478 e. The van der Waals surface area contributed by atoms with E-state index in [0.29, 0.717) is 0 Å². The van der Waals surface area contributed by atoms with Crippen molar-refractivity contribution < 1.29 is 15.0 Å². The Hall–Kier alpha value is -1.61. The third kappa shape index (κ3) is 3.56. The van der Waals surface area contributed by atoms with Crippen LogP contribution in [0.5, 0.6) is 0 Å². The molecule has 3 heteroatoms. The summed E-state index contributed by atoms with van der Waals surface area (Å²) >= 11 is 0. The molecule has 0 heterocycles. The van der Waals surface area contributed by atoms with E-state index in [2.05, 4.69) is 0 Å². The molecule has 1 atom stereocenters.